The van der Waals surface area contributed by atoms with Crippen LogP contribution in [0.15, 0.2) is 46.9 Å². The molecule has 4 rings (SSSR count). The summed E-state index contributed by atoms with van der Waals surface area (Å²) in [6.07, 6.45) is 3.80. The van der Waals surface area contributed by atoms with Gasteiger partial charge < -0.3 is 14.6 Å². The van der Waals surface area contributed by atoms with Crippen molar-refractivity contribution in [2.45, 2.75) is 26.2 Å². The molecule has 4 nitrogen and oxygen atoms in total. The summed E-state index contributed by atoms with van der Waals surface area (Å²) in [5.74, 6) is 0.0721. The van der Waals surface area contributed by atoms with Crippen LogP contribution in [-0.4, -0.2) is 19.0 Å². The maximum atomic E-state index is 12.6. The van der Waals surface area contributed by atoms with Gasteiger partial charge in [0.05, 0.1) is 0 Å². The number of nitrogens with one attached hydrogen (secondary N) is 1. The molecule has 0 spiro atoms. The van der Waals surface area contributed by atoms with Gasteiger partial charge in [0.2, 0.25) is 0 Å². The topological polar surface area (TPSA) is 45.5 Å². The van der Waals surface area contributed by atoms with Crippen LogP contribution in [0.4, 0.5) is 11.4 Å². The highest BCUT2D eigenvalue weighted by atomic mass is 35.5. The van der Waals surface area contributed by atoms with Crippen molar-refractivity contribution in [3.63, 3.8) is 0 Å². The molecule has 0 saturated carbocycles. The number of nitrogens with zero attached hydrogens (tertiary/aromatic N) is 1. The second kappa shape index (κ2) is 7.04. The van der Waals surface area contributed by atoms with E-state index in [4.69, 9.17) is 16.0 Å². The van der Waals surface area contributed by atoms with Crippen LogP contribution in [0.1, 0.15) is 35.4 Å². The van der Waals surface area contributed by atoms with E-state index in [9.17, 15) is 4.79 Å². The van der Waals surface area contributed by atoms with Crippen LogP contribution < -0.4 is 10.2 Å². The molecule has 0 radical (unpaired) electrons. The van der Waals surface area contributed by atoms with E-state index in [-0.39, 0.29) is 5.91 Å². The lowest BCUT2D eigenvalue weighted by Gasteiger charge is -2.28. The molecule has 0 aliphatic carbocycles. The third kappa shape index (κ3) is 3.29. The summed E-state index contributed by atoms with van der Waals surface area (Å²) in [5.41, 5.74) is 3.42. The number of halogens is 1. The molecule has 2 heterocycles. The summed E-state index contributed by atoms with van der Waals surface area (Å²) < 4.78 is 5.73. The van der Waals surface area contributed by atoms with Gasteiger partial charge in [-0.3, -0.25) is 4.79 Å². The predicted molar refractivity (Wildman–Crippen MR) is 106 cm³/mol. The molecule has 0 bridgehead atoms. The van der Waals surface area contributed by atoms with Crippen LogP contribution in [0.2, 0.25) is 5.02 Å². The van der Waals surface area contributed by atoms with E-state index in [0.717, 1.165) is 29.7 Å². The van der Waals surface area contributed by atoms with Gasteiger partial charge >= 0.3 is 0 Å². The quantitative estimate of drug-likeness (QED) is 0.650. The van der Waals surface area contributed by atoms with Gasteiger partial charge in [-0.2, -0.15) is 0 Å². The maximum absolute atomic E-state index is 12.6. The van der Waals surface area contributed by atoms with Gasteiger partial charge in [-0.05, 0) is 68.7 Å². The highest BCUT2D eigenvalue weighted by Crippen LogP contribution is 2.29. The monoisotopic (exact) mass is 368 g/mol. The molecule has 1 aliphatic rings. The Hall–Kier alpha value is -2.46. The van der Waals surface area contributed by atoms with Crippen molar-refractivity contribution >= 4 is 39.9 Å². The van der Waals surface area contributed by atoms with E-state index in [2.05, 4.69) is 22.3 Å². The second-order valence-electron chi connectivity index (χ2n) is 6.75. The Labute approximate surface area is 157 Å². The first-order valence-corrected chi connectivity index (χ1v) is 9.34. The van der Waals surface area contributed by atoms with Crippen LogP contribution in [0.25, 0.3) is 11.0 Å². The Morgan fingerprint density at radius 3 is 2.54 bits per heavy atom. The molecule has 26 heavy (non-hydrogen) atoms. The summed E-state index contributed by atoms with van der Waals surface area (Å²) >= 11 is 6.04. The average Bonchev–Trinajstić information content (AvgIpc) is 2.99. The van der Waals surface area contributed by atoms with E-state index in [0.29, 0.717) is 16.4 Å². The number of carbonyl (C=O) groups is 1. The summed E-state index contributed by atoms with van der Waals surface area (Å²) in [6, 6.07) is 13.4. The SMILES string of the molecule is Cc1c(C(=O)Nc2ccc(N3CCCCC3)cc2)oc2ccc(Cl)cc12. The molecule has 1 aliphatic heterocycles. The van der Waals surface area contributed by atoms with E-state index >= 15 is 0 Å². The number of aryl methyl sites for hydroxylation is 1. The molecule has 1 fully saturated rings. The first-order chi connectivity index (χ1) is 12.6. The predicted octanol–water partition coefficient (Wildman–Crippen LogP) is 5.64. The molecule has 0 unspecified atom stereocenters. The zero-order valence-electron chi connectivity index (χ0n) is 14.7. The molecule has 0 atom stereocenters. The summed E-state index contributed by atoms with van der Waals surface area (Å²) in [4.78, 5) is 15.0. The van der Waals surface area contributed by atoms with Crippen LogP contribution >= 0.6 is 11.6 Å². The molecule has 1 aromatic heterocycles. The number of furan rings is 1. The van der Waals surface area contributed by atoms with E-state index in [1.165, 1.54) is 24.9 Å². The lowest BCUT2D eigenvalue weighted by atomic mass is 10.1. The van der Waals surface area contributed by atoms with Crippen LogP contribution in [0.3, 0.4) is 0 Å². The Morgan fingerprint density at radius 1 is 1.08 bits per heavy atom. The third-order valence-electron chi connectivity index (χ3n) is 4.95. The standard InChI is InChI=1S/C21H21ClN2O2/c1-14-18-13-15(22)5-10-19(18)26-20(14)21(25)23-16-6-8-17(9-7-16)24-11-3-2-4-12-24/h5-10,13H,2-4,11-12H2,1H3,(H,23,25). The zero-order valence-corrected chi connectivity index (χ0v) is 15.5. The van der Waals surface area contributed by atoms with Crippen molar-refractivity contribution in [3.05, 3.63) is 58.8 Å². The fourth-order valence-corrected chi connectivity index (χ4v) is 3.68. The number of piperidine rings is 1. The van der Waals surface area contributed by atoms with Crippen molar-refractivity contribution in [1.82, 2.24) is 0 Å². The number of benzene rings is 2. The first kappa shape index (κ1) is 17.0. The maximum Gasteiger partial charge on any atom is 0.291 e. The molecule has 3 aromatic rings. The number of carbonyl (C=O) groups excluding carboxylic acids is 1. The number of rotatable bonds is 3. The summed E-state index contributed by atoms with van der Waals surface area (Å²) in [5, 5.41) is 4.41. The number of hydrogen-bond donors (Lipinski definition) is 1. The molecule has 2 aromatic carbocycles. The van der Waals surface area contributed by atoms with E-state index in [1.807, 2.05) is 25.1 Å². The zero-order chi connectivity index (χ0) is 18.1. The smallest absolute Gasteiger partial charge is 0.291 e. The molecule has 5 heteroatoms. The van der Waals surface area contributed by atoms with E-state index < -0.39 is 0 Å². The third-order valence-corrected chi connectivity index (χ3v) is 5.19. The Morgan fingerprint density at radius 2 is 1.81 bits per heavy atom. The Bertz CT molecular complexity index is 941. The van der Waals surface area contributed by atoms with Crippen LogP contribution in [-0.2, 0) is 0 Å². The van der Waals surface area contributed by atoms with Crippen LogP contribution in [0.5, 0.6) is 0 Å². The number of fused-ring (bicyclic) bond motifs is 1. The average molecular weight is 369 g/mol. The summed E-state index contributed by atoms with van der Waals surface area (Å²) in [7, 11) is 0. The van der Waals surface area contributed by atoms with Gasteiger partial charge in [-0.1, -0.05) is 11.6 Å². The largest absolute Gasteiger partial charge is 0.451 e. The fourth-order valence-electron chi connectivity index (χ4n) is 3.51. The Kier molecular flexibility index (Phi) is 4.60. The molecule has 134 valence electrons. The highest BCUT2D eigenvalue weighted by molar-refractivity contribution is 6.31. The fraction of sp³-hybridized carbons (Fsp3) is 0.286. The first-order valence-electron chi connectivity index (χ1n) is 8.97. The molecular formula is C21H21ClN2O2. The number of anilines is 2. The second-order valence-corrected chi connectivity index (χ2v) is 7.18. The van der Waals surface area contributed by atoms with Gasteiger partial charge in [-0.15, -0.1) is 0 Å². The Balaban J connectivity index is 1.52. The van der Waals surface area contributed by atoms with Gasteiger partial charge in [0.1, 0.15) is 5.58 Å². The highest BCUT2D eigenvalue weighted by Gasteiger charge is 2.18. The van der Waals surface area contributed by atoms with Crippen LogP contribution in [0, 0.1) is 6.92 Å². The lowest BCUT2D eigenvalue weighted by molar-refractivity contribution is 0.0998. The molecular weight excluding hydrogens is 348 g/mol. The van der Waals surface area contributed by atoms with Gasteiger partial charge in [0.25, 0.3) is 5.91 Å². The van der Waals surface area contributed by atoms with Crippen molar-refractivity contribution < 1.29 is 9.21 Å². The lowest BCUT2D eigenvalue weighted by Crippen LogP contribution is -2.29. The van der Waals surface area contributed by atoms with Crippen molar-refractivity contribution in [3.8, 4) is 0 Å². The molecule has 1 N–H and O–H groups in total. The minimum atomic E-state index is -0.249. The normalized spacial score (nSPS) is 14.6. The minimum absolute atomic E-state index is 0.249. The molecule has 1 amide bonds. The van der Waals surface area contributed by atoms with Gasteiger partial charge in [0, 0.05) is 40.4 Å². The summed E-state index contributed by atoms with van der Waals surface area (Å²) in [6.45, 7) is 4.08. The van der Waals surface area contributed by atoms with Crippen molar-refractivity contribution in [2.24, 2.45) is 0 Å². The minimum Gasteiger partial charge on any atom is -0.451 e. The van der Waals surface area contributed by atoms with Gasteiger partial charge in [-0.25, -0.2) is 0 Å². The van der Waals surface area contributed by atoms with Crippen molar-refractivity contribution in [2.75, 3.05) is 23.3 Å². The van der Waals surface area contributed by atoms with Gasteiger partial charge in [0.15, 0.2) is 5.76 Å². The molecule has 1 saturated heterocycles. The number of amides is 1. The van der Waals surface area contributed by atoms with E-state index in [1.54, 1.807) is 12.1 Å². The van der Waals surface area contributed by atoms with Crippen molar-refractivity contribution in [1.29, 1.82) is 0 Å². The number of hydrogen-bond acceptors (Lipinski definition) is 3.